The van der Waals surface area contributed by atoms with Gasteiger partial charge in [0.15, 0.2) is 0 Å². The maximum absolute atomic E-state index is 13.2. The molecule has 9 nitrogen and oxygen atoms in total. The molecule has 0 saturated carbocycles. The van der Waals surface area contributed by atoms with Gasteiger partial charge in [0, 0.05) is 56.5 Å². The van der Waals surface area contributed by atoms with Crippen molar-refractivity contribution < 1.29 is 18.3 Å². The number of nitrogen functional groups attached to an aromatic ring is 1. The third kappa shape index (κ3) is 5.19. The van der Waals surface area contributed by atoms with Crippen LogP contribution in [0.5, 0.6) is 0 Å². The molecule has 4 N–H and O–H groups in total. The maximum Gasteiger partial charge on any atom is 0.324 e. The van der Waals surface area contributed by atoms with Crippen molar-refractivity contribution in [1.82, 2.24) is 9.21 Å². The second-order valence-electron chi connectivity index (χ2n) is 8.75. The van der Waals surface area contributed by atoms with Crippen molar-refractivity contribution in [2.75, 3.05) is 44.2 Å². The number of nitrogens with two attached hydrogens (primary N) is 1. The second-order valence-corrected chi connectivity index (χ2v) is 11.2. The molecular weight excluding hydrogens is 418 g/mol. The largest absolute Gasteiger partial charge is 0.396 e. The van der Waals surface area contributed by atoms with Gasteiger partial charge in [-0.15, -0.1) is 0 Å². The standard InChI is InChI=1S/C21H33N5O4S/c1-15(2)31(29,30)25-8-6-16(7-9-25)11-24-12-17(14-27)13-26(21(24)28)19-5-3-4-18(10-19)20(22)23/h3-5,10,15-17,27H,6-9,11-14H2,1-2H3,(H3,22,23). The summed E-state index contributed by atoms with van der Waals surface area (Å²) in [6, 6.07) is 6.87. The average molecular weight is 452 g/mol. The Morgan fingerprint density at radius 1 is 1.23 bits per heavy atom. The molecule has 2 saturated heterocycles. The summed E-state index contributed by atoms with van der Waals surface area (Å²) in [7, 11) is -3.25. The highest BCUT2D eigenvalue weighted by atomic mass is 32.2. The monoisotopic (exact) mass is 451 g/mol. The lowest BCUT2D eigenvalue weighted by molar-refractivity contribution is 0.128. The molecule has 2 aliphatic heterocycles. The zero-order chi connectivity index (χ0) is 22.8. The van der Waals surface area contributed by atoms with Gasteiger partial charge in [-0.05, 0) is 44.7 Å². The number of aliphatic hydroxyl groups is 1. The van der Waals surface area contributed by atoms with Crippen LogP contribution in [0.2, 0.25) is 0 Å². The minimum absolute atomic E-state index is 0.0300. The fourth-order valence-corrected chi connectivity index (χ4v) is 5.55. The van der Waals surface area contributed by atoms with E-state index < -0.39 is 15.3 Å². The Balaban J connectivity index is 1.70. The van der Waals surface area contributed by atoms with Crippen LogP contribution < -0.4 is 10.6 Å². The molecule has 1 unspecified atom stereocenters. The highest BCUT2D eigenvalue weighted by Gasteiger charge is 2.36. The van der Waals surface area contributed by atoms with Gasteiger partial charge in [-0.2, -0.15) is 0 Å². The predicted molar refractivity (Wildman–Crippen MR) is 121 cm³/mol. The molecule has 0 radical (unpaired) electrons. The van der Waals surface area contributed by atoms with Crippen LogP contribution in [-0.4, -0.2) is 79.2 Å². The van der Waals surface area contributed by atoms with Gasteiger partial charge >= 0.3 is 6.03 Å². The molecular formula is C21H33N5O4S. The lowest BCUT2D eigenvalue weighted by Crippen LogP contribution is -2.56. The lowest BCUT2D eigenvalue weighted by atomic mass is 9.96. The Hall–Kier alpha value is -2.17. The van der Waals surface area contributed by atoms with Gasteiger partial charge < -0.3 is 15.7 Å². The Kier molecular flexibility index (Phi) is 7.23. The number of nitrogens with one attached hydrogen (secondary N) is 1. The van der Waals surface area contributed by atoms with E-state index in [4.69, 9.17) is 11.1 Å². The number of aliphatic hydroxyl groups excluding tert-OH is 1. The Morgan fingerprint density at radius 2 is 1.90 bits per heavy atom. The Morgan fingerprint density at radius 3 is 2.48 bits per heavy atom. The average Bonchev–Trinajstić information content (AvgIpc) is 2.75. The zero-order valence-electron chi connectivity index (χ0n) is 18.2. The molecule has 0 spiro atoms. The first-order valence-corrected chi connectivity index (χ1v) is 12.2. The van der Waals surface area contributed by atoms with Crippen LogP contribution in [0.25, 0.3) is 0 Å². The summed E-state index contributed by atoms with van der Waals surface area (Å²) in [5, 5.41) is 17.0. The number of piperidine rings is 1. The number of hydrogen-bond donors (Lipinski definition) is 3. The summed E-state index contributed by atoms with van der Waals surface area (Å²) in [5.41, 5.74) is 6.79. The molecule has 0 aliphatic carbocycles. The number of anilines is 1. The van der Waals surface area contributed by atoms with E-state index in [0.29, 0.717) is 56.8 Å². The lowest BCUT2D eigenvalue weighted by Gasteiger charge is -2.42. The van der Waals surface area contributed by atoms with Crippen molar-refractivity contribution in [3.8, 4) is 0 Å². The van der Waals surface area contributed by atoms with E-state index in [1.165, 1.54) is 0 Å². The third-order valence-corrected chi connectivity index (χ3v) is 8.43. The van der Waals surface area contributed by atoms with Crippen molar-refractivity contribution in [2.24, 2.45) is 17.6 Å². The van der Waals surface area contributed by atoms with Crippen molar-refractivity contribution in [2.45, 2.75) is 31.9 Å². The first kappa shape index (κ1) is 23.5. The van der Waals surface area contributed by atoms with E-state index in [2.05, 4.69) is 0 Å². The van der Waals surface area contributed by atoms with Crippen molar-refractivity contribution in [3.63, 3.8) is 0 Å². The number of benzene rings is 1. The van der Waals surface area contributed by atoms with Gasteiger partial charge in [0.1, 0.15) is 5.84 Å². The molecule has 0 bridgehead atoms. The van der Waals surface area contributed by atoms with Crippen LogP contribution in [0, 0.1) is 17.2 Å². The van der Waals surface area contributed by atoms with Crippen LogP contribution >= 0.6 is 0 Å². The molecule has 3 rings (SSSR count). The summed E-state index contributed by atoms with van der Waals surface area (Å²) in [6.07, 6.45) is 1.42. The number of carbonyl (C=O) groups excluding carboxylic acids is 1. The first-order chi connectivity index (χ1) is 14.6. The Bertz CT molecular complexity index is 912. The number of sulfonamides is 1. The van der Waals surface area contributed by atoms with Gasteiger partial charge in [0.25, 0.3) is 0 Å². The second kappa shape index (κ2) is 9.54. The summed E-state index contributed by atoms with van der Waals surface area (Å²) < 4.78 is 26.3. The minimum atomic E-state index is -3.25. The normalized spacial score (nSPS) is 21.7. The molecule has 2 heterocycles. The number of amides is 2. The van der Waals surface area contributed by atoms with E-state index in [-0.39, 0.29) is 30.3 Å². The fourth-order valence-electron chi connectivity index (χ4n) is 4.24. The number of rotatable bonds is 7. The molecule has 0 aromatic heterocycles. The molecule has 1 aromatic rings. The highest BCUT2D eigenvalue weighted by molar-refractivity contribution is 7.89. The van der Waals surface area contributed by atoms with Gasteiger partial charge in [-0.25, -0.2) is 17.5 Å². The SMILES string of the molecule is CC(C)S(=O)(=O)N1CCC(CN2CC(CO)CN(c3cccc(C(=N)N)c3)C2=O)CC1. The topological polar surface area (TPSA) is 131 Å². The fraction of sp³-hybridized carbons (Fsp3) is 0.619. The molecule has 2 aliphatic rings. The summed E-state index contributed by atoms with van der Waals surface area (Å²) in [5.74, 6) is 0.0653. The highest BCUT2D eigenvalue weighted by Crippen LogP contribution is 2.27. The molecule has 172 valence electrons. The van der Waals surface area contributed by atoms with Crippen LogP contribution in [-0.2, 0) is 10.0 Å². The van der Waals surface area contributed by atoms with Gasteiger partial charge in [0.05, 0.1) is 5.25 Å². The van der Waals surface area contributed by atoms with Gasteiger partial charge in [-0.1, -0.05) is 12.1 Å². The van der Waals surface area contributed by atoms with Gasteiger partial charge in [-0.3, -0.25) is 10.3 Å². The third-order valence-electron chi connectivity index (χ3n) is 6.16. The number of hydrogen-bond acceptors (Lipinski definition) is 5. The summed E-state index contributed by atoms with van der Waals surface area (Å²) >= 11 is 0. The summed E-state index contributed by atoms with van der Waals surface area (Å²) in [6.45, 7) is 5.71. The molecule has 10 heteroatoms. The van der Waals surface area contributed by atoms with Crippen molar-refractivity contribution >= 4 is 27.6 Å². The summed E-state index contributed by atoms with van der Waals surface area (Å²) in [4.78, 5) is 16.6. The minimum Gasteiger partial charge on any atom is -0.396 e. The first-order valence-electron chi connectivity index (χ1n) is 10.7. The molecule has 1 atom stereocenters. The number of nitrogens with zero attached hydrogens (tertiary/aromatic N) is 3. The van der Waals surface area contributed by atoms with Crippen LogP contribution in [0.4, 0.5) is 10.5 Å². The van der Waals surface area contributed by atoms with E-state index in [1.54, 1.807) is 52.2 Å². The van der Waals surface area contributed by atoms with Crippen LogP contribution in [0.1, 0.15) is 32.3 Å². The van der Waals surface area contributed by atoms with Gasteiger partial charge in [0.2, 0.25) is 10.0 Å². The smallest absolute Gasteiger partial charge is 0.324 e. The number of carbonyl (C=O) groups is 1. The molecule has 31 heavy (non-hydrogen) atoms. The van der Waals surface area contributed by atoms with E-state index in [1.807, 2.05) is 0 Å². The Labute approximate surface area is 184 Å². The zero-order valence-corrected chi connectivity index (χ0v) is 19.0. The molecule has 1 aromatic carbocycles. The maximum atomic E-state index is 13.2. The van der Waals surface area contributed by atoms with Crippen LogP contribution in [0.3, 0.4) is 0 Å². The number of urea groups is 1. The number of amidine groups is 1. The molecule has 2 amide bonds. The van der Waals surface area contributed by atoms with Crippen molar-refractivity contribution in [1.29, 1.82) is 5.41 Å². The predicted octanol–water partition coefficient (Wildman–Crippen LogP) is 1.27. The van der Waals surface area contributed by atoms with E-state index in [0.717, 1.165) is 0 Å². The van der Waals surface area contributed by atoms with Crippen LogP contribution in [0.15, 0.2) is 24.3 Å². The molecule has 2 fully saturated rings. The van der Waals surface area contributed by atoms with Crippen molar-refractivity contribution in [3.05, 3.63) is 29.8 Å². The van der Waals surface area contributed by atoms with E-state index in [9.17, 15) is 18.3 Å². The quantitative estimate of drug-likeness (QED) is 0.424. The van der Waals surface area contributed by atoms with E-state index >= 15 is 0 Å².